The number of quaternary nitrogens is 1. The smallest absolute Gasteiger partial charge is 0.217 e. The second-order valence-electron chi connectivity index (χ2n) is 5.68. The number of halogens is 1. The second-order valence-corrected chi connectivity index (χ2v) is 6.54. The summed E-state index contributed by atoms with van der Waals surface area (Å²) in [5.41, 5.74) is 0.816. The Bertz CT molecular complexity index is 422. The minimum absolute atomic E-state index is 0.249. The van der Waals surface area contributed by atoms with E-state index in [0.717, 1.165) is 35.0 Å². The van der Waals surface area contributed by atoms with Gasteiger partial charge < -0.3 is 4.90 Å². The van der Waals surface area contributed by atoms with Gasteiger partial charge in [-0.2, -0.15) is 0 Å². The number of rotatable bonds is 3. The molecule has 2 atom stereocenters. The number of Topliss-reactive ketones (excluding diaryl/α,β-unsaturated/α-hetero) is 1. The van der Waals surface area contributed by atoms with Crippen molar-refractivity contribution in [2.24, 2.45) is 11.8 Å². The molecule has 0 amide bonds. The van der Waals surface area contributed by atoms with Gasteiger partial charge in [-0.15, -0.1) is 0 Å². The van der Waals surface area contributed by atoms with Gasteiger partial charge in [-0.3, -0.25) is 4.79 Å². The number of benzene rings is 1. The summed E-state index contributed by atoms with van der Waals surface area (Å²) in [5, 5.41) is 0. The highest BCUT2D eigenvalue weighted by molar-refractivity contribution is 9.10. The fourth-order valence-electron chi connectivity index (χ4n) is 3.08. The first-order chi connectivity index (χ1) is 8.56. The van der Waals surface area contributed by atoms with Crippen molar-refractivity contribution in [1.29, 1.82) is 0 Å². The van der Waals surface area contributed by atoms with Crippen molar-refractivity contribution in [2.45, 2.75) is 20.3 Å². The Hall–Kier alpha value is -0.670. The normalized spacial score (nSPS) is 28.1. The van der Waals surface area contributed by atoms with Gasteiger partial charge in [-0.25, -0.2) is 0 Å². The van der Waals surface area contributed by atoms with Crippen molar-refractivity contribution in [2.75, 3.05) is 19.6 Å². The standard InChI is InChI=1S/C15H20BrNO/c1-11-7-12(2)9-17(8-11)10-15(18)13-5-3-4-6-14(13)16/h3-6,11-12H,7-10H2,1-2H3/p+1/t11-,12-/m1/s1. The fourth-order valence-corrected chi connectivity index (χ4v) is 3.58. The number of carbonyl (C=O) groups is 1. The van der Waals surface area contributed by atoms with Crippen molar-refractivity contribution in [1.82, 2.24) is 0 Å². The number of hydrogen-bond acceptors (Lipinski definition) is 1. The molecule has 3 heteroatoms. The summed E-state index contributed by atoms with van der Waals surface area (Å²) in [6.45, 7) is 7.45. The van der Waals surface area contributed by atoms with Gasteiger partial charge in [0.05, 0.1) is 13.1 Å². The molecule has 1 heterocycles. The van der Waals surface area contributed by atoms with E-state index in [1.807, 2.05) is 24.3 Å². The maximum atomic E-state index is 12.3. The van der Waals surface area contributed by atoms with E-state index < -0.39 is 0 Å². The third-order valence-corrected chi connectivity index (χ3v) is 4.36. The van der Waals surface area contributed by atoms with E-state index in [9.17, 15) is 4.79 Å². The molecule has 1 N–H and O–H groups in total. The Labute approximate surface area is 117 Å². The van der Waals surface area contributed by atoms with Crippen molar-refractivity contribution >= 4 is 21.7 Å². The predicted molar refractivity (Wildman–Crippen MR) is 77.0 cm³/mol. The van der Waals surface area contributed by atoms with E-state index in [0.29, 0.717) is 6.54 Å². The predicted octanol–water partition coefficient (Wildman–Crippen LogP) is 2.19. The van der Waals surface area contributed by atoms with Gasteiger partial charge in [0.1, 0.15) is 6.54 Å². The zero-order valence-corrected chi connectivity index (χ0v) is 12.7. The summed E-state index contributed by atoms with van der Waals surface area (Å²) in [5.74, 6) is 1.71. The first kappa shape index (κ1) is 13.8. The molecule has 1 aromatic carbocycles. The van der Waals surface area contributed by atoms with E-state index in [1.54, 1.807) is 0 Å². The molecule has 2 rings (SSSR count). The largest absolute Gasteiger partial charge is 0.328 e. The molecule has 0 aromatic heterocycles. The van der Waals surface area contributed by atoms with E-state index in [4.69, 9.17) is 0 Å². The summed E-state index contributed by atoms with van der Waals surface area (Å²) < 4.78 is 0.910. The van der Waals surface area contributed by atoms with Gasteiger partial charge in [0, 0.05) is 21.9 Å². The molecule has 2 nitrogen and oxygen atoms in total. The average molecular weight is 311 g/mol. The van der Waals surface area contributed by atoms with Crippen LogP contribution in [-0.4, -0.2) is 25.4 Å². The summed E-state index contributed by atoms with van der Waals surface area (Å²) in [4.78, 5) is 13.7. The zero-order valence-electron chi connectivity index (χ0n) is 11.1. The monoisotopic (exact) mass is 310 g/mol. The lowest BCUT2D eigenvalue weighted by molar-refractivity contribution is -0.903. The molecule has 1 saturated heterocycles. The van der Waals surface area contributed by atoms with Gasteiger partial charge in [0.15, 0.2) is 0 Å². The lowest BCUT2D eigenvalue weighted by Gasteiger charge is -2.31. The first-order valence-corrected chi connectivity index (χ1v) is 7.47. The number of ketones is 1. The molecule has 1 aliphatic heterocycles. The van der Waals surface area contributed by atoms with Crippen molar-refractivity contribution in [3.05, 3.63) is 34.3 Å². The molecule has 0 unspecified atom stereocenters. The van der Waals surface area contributed by atoms with Crippen LogP contribution in [0.3, 0.4) is 0 Å². The van der Waals surface area contributed by atoms with E-state index in [2.05, 4.69) is 29.8 Å². The summed E-state index contributed by atoms with van der Waals surface area (Å²) in [6, 6.07) is 7.71. The lowest BCUT2D eigenvalue weighted by atomic mass is 9.91. The van der Waals surface area contributed by atoms with Gasteiger partial charge in [-0.05, 0) is 12.5 Å². The molecule has 1 aliphatic rings. The molecule has 18 heavy (non-hydrogen) atoms. The highest BCUT2D eigenvalue weighted by Crippen LogP contribution is 2.16. The van der Waals surface area contributed by atoms with Gasteiger partial charge in [0.2, 0.25) is 5.78 Å². The average Bonchev–Trinajstić information content (AvgIpc) is 2.27. The van der Waals surface area contributed by atoms with Crippen molar-refractivity contribution in [3.8, 4) is 0 Å². The van der Waals surface area contributed by atoms with Crippen LogP contribution >= 0.6 is 15.9 Å². The SMILES string of the molecule is C[C@@H]1C[C@@H](C)C[NH+](CC(=O)c2ccccc2Br)C1. The van der Waals surface area contributed by atoms with Crippen LogP contribution in [0, 0.1) is 11.8 Å². The quantitative estimate of drug-likeness (QED) is 0.849. The van der Waals surface area contributed by atoms with Crippen molar-refractivity contribution < 1.29 is 9.69 Å². The lowest BCUT2D eigenvalue weighted by Crippen LogP contribution is -3.15. The summed E-state index contributed by atoms with van der Waals surface area (Å²) in [7, 11) is 0. The Balaban J connectivity index is 2.01. The number of carbonyl (C=O) groups excluding carboxylic acids is 1. The minimum atomic E-state index is 0.249. The molecule has 0 radical (unpaired) electrons. The first-order valence-electron chi connectivity index (χ1n) is 6.67. The number of hydrogen-bond donors (Lipinski definition) is 1. The molecule has 98 valence electrons. The topological polar surface area (TPSA) is 21.5 Å². The molecular formula is C15H21BrNO+. The Kier molecular flexibility index (Phi) is 4.57. The number of nitrogens with one attached hydrogen (secondary N) is 1. The van der Waals surface area contributed by atoms with Crippen LogP contribution in [0.15, 0.2) is 28.7 Å². The summed E-state index contributed by atoms with van der Waals surface area (Å²) >= 11 is 3.46. The molecule has 0 bridgehead atoms. The molecule has 1 aromatic rings. The molecule has 0 spiro atoms. The van der Waals surface area contributed by atoms with Crippen LogP contribution < -0.4 is 4.90 Å². The summed E-state index contributed by atoms with van der Waals surface area (Å²) in [6.07, 6.45) is 1.30. The van der Waals surface area contributed by atoms with Crippen LogP contribution in [-0.2, 0) is 0 Å². The maximum absolute atomic E-state index is 12.3. The van der Waals surface area contributed by atoms with Crippen molar-refractivity contribution in [3.63, 3.8) is 0 Å². The second kappa shape index (κ2) is 5.98. The zero-order chi connectivity index (χ0) is 13.1. The highest BCUT2D eigenvalue weighted by Gasteiger charge is 2.27. The third kappa shape index (κ3) is 3.42. The highest BCUT2D eigenvalue weighted by atomic mass is 79.9. The third-order valence-electron chi connectivity index (χ3n) is 3.66. The van der Waals surface area contributed by atoms with Gasteiger partial charge in [0.25, 0.3) is 0 Å². The Morgan fingerprint density at radius 2 is 1.89 bits per heavy atom. The maximum Gasteiger partial charge on any atom is 0.217 e. The molecular weight excluding hydrogens is 290 g/mol. The van der Waals surface area contributed by atoms with Crippen LogP contribution in [0.25, 0.3) is 0 Å². The van der Waals surface area contributed by atoms with Crippen LogP contribution in [0.5, 0.6) is 0 Å². The van der Waals surface area contributed by atoms with E-state index in [-0.39, 0.29) is 5.78 Å². The van der Waals surface area contributed by atoms with Crippen LogP contribution in [0.2, 0.25) is 0 Å². The molecule has 0 saturated carbocycles. The Morgan fingerprint density at radius 3 is 2.50 bits per heavy atom. The number of likely N-dealkylation sites (tertiary alicyclic amines) is 1. The van der Waals surface area contributed by atoms with Crippen LogP contribution in [0.1, 0.15) is 30.6 Å². The number of piperidine rings is 1. The van der Waals surface area contributed by atoms with E-state index >= 15 is 0 Å². The Morgan fingerprint density at radius 1 is 1.28 bits per heavy atom. The molecule has 0 aliphatic carbocycles. The molecule has 1 fully saturated rings. The fraction of sp³-hybridized carbons (Fsp3) is 0.533. The van der Waals surface area contributed by atoms with Crippen LogP contribution in [0.4, 0.5) is 0 Å². The van der Waals surface area contributed by atoms with E-state index in [1.165, 1.54) is 11.3 Å². The van der Waals surface area contributed by atoms with Gasteiger partial charge >= 0.3 is 0 Å². The minimum Gasteiger partial charge on any atom is -0.328 e. The van der Waals surface area contributed by atoms with Gasteiger partial charge in [-0.1, -0.05) is 48.0 Å².